The van der Waals surface area contributed by atoms with Crippen LogP contribution in [0.1, 0.15) is 19.3 Å². The molecule has 2 fully saturated rings. The zero-order valence-corrected chi connectivity index (χ0v) is 10.1. The van der Waals surface area contributed by atoms with Crippen LogP contribution in [0.3, 0.4) is 0 Å². The van der Waals surface area contributed by atoms with Crippen molar-refractivity contribution in [3.05, 3.63) is 0 Å². The van der Waals surface area contributed by atoms with Crippen LogP contribution in [0.2, 0.25) is 0 Å². The Hall–Kier alpha value is -0.280. The molecular weight excluding hydrogens is 212 g/mol. The number of hydrogen-bond acceptors (Lipinski definition) is 2. The minimum atomic E-state index is 0.233. The van der Waals surface area contributed by atoms with Crippen LogP contribution < -0.4 is 0 Å². The fourth-order valence-corrected chi connectivity index (χ4v) is 3.04. The molecule has 2 heterocycles. The number of halogens is 1. The third-order valence-electron chi connectivity index (χ3n) is 3.73. The van der Waals surface area contributed by atoms with E-state index in [1.165, 1.54) is 19.4 Å². The summed E-state index contributed by atoms with van der Waals surface area (Å²) >= 11 is 5.59. The number of likely N-dealkylation sites (tertiary alicyclic amines) is 2. The van der Waals surface area contributed by atoms with Gasteiger partial charge in [-0.15, -0.1) is 11.6 Å². The quantitative estimate of drug-likeness (QED) is 0.665. The van der Waals surface area contributed by atoms with Crippen LogP contribution in [0.5, 0.6) is 0 Å². The fourth-order valence-electron chi connectivity index (χ4n) is 2.88. The molecule has 0 aliphatic carbocycles. The van der Waals surface area contributed by atoms with Crippen LogP contribution in [0.25, 0.3) is 0 Å². The van der Waals surface area contributed by atoms with Crippen molar-refractivity contribution in [2.24, 2.45) is 5.41 Å². The summed E-state index contributed by atoms with van der Waals surface area (Å²) in [5, 5.41) is 0. The van der Waals surface area contributed by atoms with E-state index in [1.54, 1.807) is 0 Å². The second kappa shape index (κ2) is 4.30. The molecule has 0 aromatic rings. The minimum Gasteiger partial charge on any atom is -0.342 e. The largest absolute Gasteiger partial charge is 0.342 e. The van der Waals surface area contributed by atoms with E-state index >= 15 is 0 Å². The molecule has 86 valence electrons. The molecule has 1 spiro atoms. The van der Waals surface area contributed by atoms with Gasteiger partial charge < -0.3 is 9.80 Å². The molecule has 15 heavy (non-hydrogen) atoms. The summed E-state index contributed by atoms with van der Waals surface area (Å²) in [5.41, 5.74) is 0.400. The highest BCUT2D eigenvalue weighted by Gasteiger charge is 2.43. The molecule has 4 heteroatoms. The molecular formula is C11H19ClN2O. The van der Waals surface area contributed by atoms with Gasteiger partial charge in [-0.3, -0.25) is 4.79 Å². The number of alkyl halides is 1. The summed E-state index contributed by atoms with van der Waals surface area (Å²) < 4.78 is 0. The molecule has 3 nitrogen and oxygen atoms in total. The van der Waals surface area contributed by atoms with Crippen molar-refractivity contribution in [1.29, 1.82) is 0 Å². The maximum atomic E-state index is 11.7. The van der Waals surface area contributed by atoms with Crippen molar-refractivity contribution in [3.8, 4) is 0 Å². The van der Waals surface area contributed by atoms with Gasteiger partial charge in [-0.2, -0.15) is 0 Å². The fraction of sp³-hybridized carbons (Fsp3) is 0.909. The molecule has 0 aromatic heterocycles. The van der Waals surface area contributed by atoms with Crippen LogP contribution in [-0.4, -0.2) is 54.8 Å². The summed E-state index contributed by atoms with van der Waals surface area (Å²) in [5.74, 6) is 0.679. The zero-order chi connectivity index (χ0) is 10.9. The number of carbonyl (C=O) groups is 1. The highest BCUT2D eigenvalue weighted by atomic mass is 35.5. The number of nitrogens with zero attached hydrogens (tertiary/aromatic N) is 2. The number of carbonyl (C=O) groups excluding carboxylic acids is 1. The van der Waals surface area contributed by atoms with Gasteiger partial charge in [0.2, 0.25) is 5.91 Å². The van der Waals surface area contributed by atoms with Gasteiger partial charge in [0.1, 0.15) is 0 Å². The van der Waals surface area contributed by atoms with E-state index in [9.17, 15) is 4.79 Å². The highest BCUT2D eigenvalue weighted by Crippen LogP contribution is 2.38. The number of amides is 1. The molecule has 2 saturated heterocycles. The number of rotatable bonds is 2. The van der Waals surface area contributed by atoms with Crippen LogP contribution in [0.4, 0.5) is 0 Å². The first-order valence-corrected chi connectivity index (χ1v) is 6.21. The molecule has 1 unspecified atom stereocenters. The average Bonchev–Trinajstić information content (AvgIpc) is 2.76. The summed E-state index contributed by atoms with van der Waals surface area (Å²) in [6.45, 7) is 4.21. The molecule has 0 saturated carbocycles. The van der Waals surface area contributed by atoms with E-state index in [0.29, 0.717) is 17.7 Å². The predicted molar refractivity (Wildman–Crippen MR) is 61.1 cm³/mol. The van der Waals surface area contributed by atoms with Gasteiger partial charge in [-0.1, -0.05) is 0 Å². The minimum absolute atomic E-state index is 0.233. The van der Waals surface area contributed by atoms with Crippen LogP contribution in [0, 0.1) is 5.41 Å². The normalized spacial score (nSPS) is 31.7. The maximum absolute atomic E-state index is 11.7. The summed E-state index contributed by atoms with van der Waals surface area (Å²) in [6, 6.07) is 0. The molecule has 0 bridgehead atoms. The van der Waals surface area contributed by atoms with Crippen molar-refractivity contribution >= 4 is 17.5 Å². The molecule has 0 radical (unpaired) electrons. The van der Waals surface area contributed by atoms with E-state index in [-0.39, 0.29) is 5.91 Å². The van der Waals surface area contributed by atoms with Gasteiger partial charge in [0.15, 0.2) is 0 Å². The average molecular weight is 231 g/mol. The van der Waals surface area contributed by atoms with E-state index < -0.39 is 0 Å². The Balaban J connectivity index is 1.92. The monoisotopic (exact) mass is 230 g/mol. The first-order chi connectivity index (χ1) is 7.15. The zero-order valence-electron chi connectivity index (χ0n) is 9.34. The van der Waals surface area contributed by atoms with E-state index in [0.717, 1.165) is 19.6 Å². The molecule has 1 atom stereocenters. The van der Waals surface area contributed by atoms with Gasteiger partial charge in [0.05, 0.1) is 0 Å². The van der Waals surface area contributed by atoms with Gasteiger partial charge in [-0.25, -0.2) is 0 Å². The van der Waals surface area contributed by atoms with E-state index in [2.05, 4.69) is 11.9 Å². The Morgan fingerprint density at radius 1 is 1.33 bits per heavy atom. The van der Waals surface area contributed by atoms with Crippen LogP contribution >= 0.6 is 11.6 Å². The van der Waals surface area contributed by atoms with Crippen molar-refractivity contribution < 1.29 is 4.79 Å². The molecule has 2 aliphatic rings. The Bertz CT molecular complexity index is 259. The van der Waals surface area contributed by atoms with Crippen LogP contribution in [0.15, 0.2) is 0 Å². The van der Waals surface area contributed by atoms with Gasteiger partial charge in [0.25, 0.3) is 0 Å². The first kappa shape index (κ1) is 11.2. The molecule has 2 rings (SSSR count). The van der Waals surface area contributed by atoms with Crippen molar-refractivity contribution in [2.75, 3.05) is 39.1 Å². The SMILES string of the molecule is CN1CCC2(CCN(C(=O)CCCl)C2)C1. The van der Waals surface area contributed by atoms with Gasteiger partial charge in [-0.05, 0) is 26.4 Å². The maximum Gasteiger partial charge on any atom is 0.223 e. The summed E-state index contributed by atoms with van der Waals surface area (Å²) in [4.78, 5) is 16.1. The summed E-state index contributed by atoms with van der Waals surface area (Å²) in [6.07, 6.45) is 2.91. The smallest absolute Gasteiger partial charge is 0.223 e. The third kappa shape index (κ3) is 2.28. The lowest BCUT2D eigenvalue weighted by Gasteiger charge is -2.23. The standard InChI is InChI=1S/C11H19ClN2O/c1-13-6-3-11(8-13)4-7-14(9-11)10(15)2-5-12/h2-9H2,1H3. The van der Waals surface area contributed by atoms with Crippen molar-refractivity contribution in [1.82, 2.24) is 9.80 Å². The molecule has 0 aromatic carbocycles. The summed E-state index contributed by atoms with van der Waals surface area (Å²) in [7, 11) is 2.16. The highest BCUT2D eigenvalue weighted by molar-refractivity contribution is 6.18. The Kier molecular flexibility index (Phi) is 3.21. The van der Waals surface area contributed by atoms with E-state index in [1.807, 2.05) is 4.90 Å². The Morgan fingerprint density at radius 3 is 2.67 bits per heavy atom. The predicted octanol–water partition coefficient (Wildman–Crippen LogP) is 1.17. The van der Waals surface area contributed by atoms with E-state index in [4.69, 9.17) is 11.6 Å². The first-order valence-electron chi connectivity index (χ1n) is 5.67. The topological polar surface area (TPSA) is 23.6 Å². The molecule has 0 N–H and O–H groups in total. The second-order valence-corrected chi connectivity index (χ2v) is 5.37. The molecule has 1 amide bonds. The lowest BCUT2D eigenvalue weighted by molar-refractivity contribution is -0.130. The molecule has 2 aliphatic heterocycles. The van der Waals surface area contributed by atoms with Crippen LogP contribution in [-0.2, 0) is 4.79 Å². The van der Waals surface area contributed by atoms with Crippen molar-refractivity contribution in [3.63, 3.8) is 0 Å². The van der Waals surface area contributed by atoms with Gasteiger partial charge in [0, 0.05) is 37.4 Å². The lowest BCUT2D eigenvalue weighted by atomic mass is 9.86. The second-order valence-electron chi connectivity index (χ2n) is 4.99. The van der Waals surface area contributed by atoms with Crippen molar-refractivity contribution in [2.45, 2.75) is 19.3 Å². The lowest BCUT2D eigenvalue weighted by Crippen LogP contribution is -2.33. The van der Waals surface area contributed by atoms with Gasteiger partial charge >= 0.3 is 0 Å². The number of hydrogen-bond donors (Lipinski definition) is 0. The Morgan fingerprint density at radius 2 is 2.07 bits per heavy atom. The Labute approximate surface area is 96.4 Å². The third-order valence-corrected chi connectivity index (χ3v) is 3.92.